The van der Waals surface area contributed by atoms with Crippen LogP contribution in [0.3, 0.4) is 0 Å². The fourth-order valence-corrected chi connectivity index (χ4v) is 2.30. The normalized spacial score (nSPS) is 16.6. The quantitative estimate of drug-likeness (QED) is 0.873. The second-order valence-corrected chi connectivity index (χ2v) is 4.57. The molecule has 5 heteroatoms. The van der Waals surface area contributed by atoms with Gasteiger partial charge in [0.1, 0.15) is 17.6 Å². The van der Waals surface area contributed by atoms with E-state index in [1.165, 1.54) is 0 Å². The third-order valence-corrected chi connectivity index (χ3v) is 3.36. The van der Waals surface area contributed by atoms with E-state index in [1.807, 2.05) is 0 Å². The van der Waals surface area contributed by atoms with E-state index in [0.29, 0.717) is 36.6 Å². The van der Waals surface area contributed by atoms with E-state index in [9.17, 15) is 9.90 Å². The number of likely N-dealkylation sites (tertiary alicyclic amines) is 1. The molecule has 0 bridgehead atoms. The van der Waals surface area contributed by atoms with Crippen molar-refractivity contribution >= 4 is 5.91 Å². The Morgan fingerprint density at radius 2 is 2.16 bits per heavy atom. The van der Waals surface area contributed by atoms with Crippen molar-refractivity contribution in [2.75, 3.05) is 27.3 Å². The molecule has 0 radical (unpaired) electrons. The van der Waals surface area contributed by atoms with Crippen LogP contribution in [0.25, 0.3) is 0 Å². The van der Waals surface area contributed by atoms with E-state index in [1.54, 1.807) is 37.3 Å². The molecule has 1 aliphatic heterocycles. The highest BCUT2D eigenvalue weighted by Crippen LogP contribution is 2.30. The summed E-state index contributed by atoms with van der Waals surface area (Å²) in [7, 11) is 3.13. The number of carbonyl (C=O) groups excluding carboxylic acids is 1. The Hall–Kier alpha value is -1.75. The average Bonchev–Trinajstić information content (AvgIpc) is 2.83. The molecule has 5 nitrogen and oxygen atoms in total. The van der Waals surface area contributed by atoms with E-state index >= 15 is 0 Å². The van der Waals surface area contributed by atoms with Crippen LogP contribution < -0.4 is 9.47 Å². The molecule has 1 N–H and O–H groups in total. The molecule has 0 aliphatic carbocycles. The molecule has 1 aromatic rings. The summed E-state index contributed by atoms with van der Waals surface area (Å²) in [5.41, 5.74) is 0.640. The standard InChI is InChI=1S/C14H19NO4/c1-18-10-5-6-13(19-2)11(8-10)12(16)9-15-7-3-4-14(15)17/h5-6,8,12,16H,3-4,7,9H2,1-2H3. The number of hydrogen-bond acceptors (Lipinski definition) is 4. The van der Waals surface area contributed by atoms with Gasteiger partial charge >= 0.3 is 0 Å². The van der Waals surface area contributed by atoms with Crippen LogP contribution in [-0.4, -0.2) is 43.2 Å². The number of amides is 1. The lowest BCUT2D eigenvalue weighted by atomic mass is 10.1. The van der Waals surface area contributed by atoms with Crippen molar-refractivity contribution in [2.24, 2.45) is 0 Å². The van der Waals surface area contributed by atoms with Gasteiger partial charge in [0.2, 0.25) is 5.91 Å². The zero-order valence-corrected chi connectivity index (χ0v) is 11.3. The highest BCUT2D eigenvalue weighted by atomic mass is 16.5. The van der Waals surface area contributed by atoms with Gasteiger partial charge in [0.15, 0.2) is 0 Å². The van der Waals surface area contributed by atoms with Gasteiger partial charge in [-0.3, -0.25) is 4.79 Å². The lowest BCUT2D eigenvalue weighted by molar-refractivity contribution is -0.128. The zero-order chi connectivity index (χ0) is 13.8. The Kier molecular flexibility index (Phi) is 4.27. The minimum Gasteiger partial charge on any atom is -0.497 e. The third kappa shape index (κ3) is 2.98. The summed E-state index contributed by atoms with van der Waals surface area (Å²) in [6, 6.07) is 5.27. The van der Waals surface area contributed by atoms with Crippen molar-refractivity contribution < 1.29 is 19.4 Å². The van der Waals surface area contributed by atoms with Gasteiger partial charge in [0.05, 0.1) is 20.8 Å². The lowest BCUT2D eigenvalue weighted by Crippen LogP contribution is -2.29. The molecule has 2 rings (SSSR count). The molecule has 0 spiro atoms. The molecule has 1 unspecified atom stereocenters. The van der Waals surface area contributed by atoms with E-state index in [-0.39, 0.29) is 5.91 Å². The Labute approximate surface area is 112 Å². The average molecular weight is 265 g/mol. The van der Waals surface area contributed by atoms with Crippen LogP contribution in [0.1, 0.15) is 24.5 Å². The smallest absolute Gasteiger partial charge is 0.222 e. The van der Waals surface area contributed by atoms with Crippen molar-refractivity contribution in [3.05, 3.63) is 23.8 Å². The van der Waals surface area contributed by atoms with Crippen molar-refractivity contribution in [1.82, 2.24) is 4.90 Å². The number of ether oxygens (including phenoxy) is 2. The lowest BCUT2D eigenvalue weighted by Gasteiger charge is -2.22. The van der Waals surface area contributed by atoms with Gasteiger partial charge in [-0.05, 0) is 24.6 Å². The first-order valence-corrected chi connectivity index (χ1v) is 6.33. The molecule has 1 heterocycles. The maximum atomic E-state index is 11.6. The molecule has 104 valence electrons. The maximum absolute atomic E-state index is 11.6. The SMILES string of the molecule is COc1ccc(OC)c(C(O)CN2CCCC2=O)c1. The molecule has 0 aromatic heterocycles. The number of hydrogen-bond donors (Lipinski definition) is 1. The number of aliphatic hydroxyl groups excluding tert-OH is 1. The predicted octanol–water partition coefficient (Wildman–Crippen LogP) is 1.36. The van der Waals surface area contributed by atoms with Crippen molar-refractivity contribution in [2.45, 2.75) is 18.9 Å². The van der Waals surface area contributed by atoms with Crippen LogP contribution in [0.4, 0.5) is 0 Å². The number of benzene rings is 1. The molecule has 1 saturated heterocycles. The first kappa shape index (κ1) is 13.7. The van der Waals surface area contributed by atoms with Gasteiger partial charge in [-0.2, -0.15) is 0 Å². The van der Waals surface area contributed by atoms with Crippen molar-refractivity contribution in [3.63, 3.8) is 0 Å². The van der Waals surface area contributed by atoms with E-state index in [2.05, 4.69) is 0 Å². The van der Waals surface area contributed by atoms with Crippen LogP contribution in [0.5, 0.6) is 11.5 Å². The molecule has 1 fully saturated rings. The zero-order valence-electron chi connectivity index (χ0n) is 11.3. The molecule has 1 atom stereocenters. The summed E-state index contributed by atoms with van der Waals surface area (Å²) < 4.78 is 10.4. The molecule has 1 aliphatic rings. The largest absolute Gasteiger partial charge is 0.497 e. The number of β-amino-alcohol motifs (C(OH)–C–C–N with tert-alkyl or cyclic N) is 1. The third-order valence-electron chi connectivity index (χ3n) is 3.36. The Morgan fingerprint density at radius 3 is 2.74 bits per heavy atom. The Morgan fingerprint density at radius 1 is 1.37 bits per heavy atom. The topological polar surface area (TPSA) is 59.0 Å². The van der Waals surface area contributed by atoms with Crippen LogP contribution in [0, 0.1) is 0 Å². The van der Waals surface area contributed by atoms with E-state index in [4.69, 9.17) is 9.47 Å². The fraction of sp³-hybridized carbons (Fsp3) is 0.500. The predicted molar refractivity (Wildman–Crippen MR) is 70.3 cm³/mol. The molecule has 0 saturated carbocycles. The van der Waals surface area contributed by atoms with Gasteiger partial charge in [-0.25, -0.2) is 0 Å². The van der Waals surface area contributed by atoms with Gasteiger partial charge < -0.3 is 19.5 Å². The minimum atomic E-state index is -0.771. The summed E-state index contributed by atoms with van der Waals surface area (Å²) in [6.07, 6.45) is 0.662. The number of aliphatic hydroxyl groups is 1. The first-order chi connectivity index (χ1) is 9.15. The van der Waals surface area contributed by atoms with Crippen molar-refractivity contribution in [3.8, 4) is 11.5 Å². The van der Waals surface area contributed by atoms with Crippen LogP contribution in [-0.2, 0) is 4.79 Å². The summed E-state index contributed by atoms with van der Waals surface area (Å²) in [5.74, 6) is 1.35. The number of rotatable bonds is 5. The van der Waals surface area contributed by atoms with Gasteiger partial charge in [-0.1, -0.05) is 0 Å². The summed E-state index contributed by atoms with van der Waals surface area (Å²) in [5, 5.41) is 10.3. The summed E-state index contributed by atoms with van der Waals surface area (Å²) >= 11 is 0. The molecule has 1 aromatic carbocycles. The Balaban J connectivity index is 2.16. The molecular formula is C14H19NO4. The highest BCUT2D eigenvalue weighted by Gasteiger charge is 2.24. The van der Waals surface area contributed by atoms with Gasteiger partial charge in [-0.15, -0.1) is 0 Å². The van der Waals surface area contributed by atoms with Crippen LogP contribution in [0.15, 0.2) is 18.2 Å². The highest BCUT2D eigenvalue weighted by molar-refractivity contribution is 5.78. The van der Waals surface area contributed by atoms with Crippen molar-refractivity contribution in [1.29, 1.82) is 0 Å². The summed E-state index contributed by atoms with van der Waals surface area (Å²) in [6.45, 7) is 1.00. The Bertz CT molecular complexity index is 461. The van der Waals surface area contributed by atoms with Gasteiger partial charge in [0.25, 0.3) is 0 Å². The molecule has 19 heavy (non-hydrogen) atoms. The monoisotopic (exact) mass is 265 g/mol. The maximum Gasteiger partial charge on any atom is 0.222 e. The van der Waals surface area contributed by atoms with Gasteiger partial charge in [0, 0.05) is 18.5 Å². The van der Waals surface area contributed by atoms with Crippen LogP contribution in [0.2, 0.25) is 0 Å². The number of methoxy groups -OCH3 is 2. The molecule has 1 amide bonds. The van der Waals surface area contributed by atoms with Crippen LogP contribution >= 0.6 is 0 Å². The minimum absolute atomic E-state index is 0.0981. The molecular weight excluding hydrogens is 246 g/mol. The second kappa shape index (κ2) is 5.93. The summed E-state index contributed by atoms with van der Waals surface area (Å²) in [4.78, 5) is 13.3. The number of nitrogens with zero attached hydrogens (tertiary/aromatic N) is 1. The first-order valence-electron chi connectivity index (χ1n) is 6.33. The second-order valence-electron chi connectivity index (χ2n) is 4.57. The van der Waals surface area contributed by atoms with E-state index < -0.39 is 6.10 Å². The van der Waals surface area contributed by atoms with E-state index in [0.717, 1.165) is 6.42 Å². The number of carbonyl (C=O) groups is 1. The fourth-order valence-electron chi connectivity index (χ4n) is 2.30.